The third-order valence-corrected chi connectivity index (χ3v) is 5.10. The van der Waals surface area contributed by atoms with Gasteiger partial charge < -0.3 is 14.7 Å². The molecule has 132 valence electrons. The van der Waals surface area contributed by atoms with E-state index in [4.69, 9.17) is 4.74 Å². The first-order valence-electron chi connectivity index (χ1n) is 8.55. The number of aliphatic hydroxyl groups is 1. The number of carbonyl (C=O) groups is 1. The van der Waals surface area contributed by atoms with Crippen LogP contribution in [0.1, 0.15) is 15.9 Å². The minimum atomic E-state index is -0.300. The SMILES string of the molecule is Cc1cc(C(=O)N2C[C@@H](CN3CCOCC3)[C@@H](CO)C2)ccc1F. The lowest BCUT2D eigenvalue weighted by Crippen LogP contribution is -2.41. The molecule has 0 saturated carbocycles. The van der Waals surface area contributed by atoms with Crippen molar-refractivity contribution in [3.05, 3.63) is 35.1 Å². The molecule has 0 aromatic heterocycles. The van der Waals surface area contributed by atoms with Crippen molar-refractivity contribution in [1.82, 2.24) is 9.80 Å². The Labute approximate surface area is 142 Å². The lowest BCUT2D eigenvalue weighted by atomic mass is 9.96. The van der Waals surface area contributed by atoms with E-state index in [1.807, 2.05) is 0 Å². The predicted octanol–water partition coefficient (Wildman–Crippen LogP) is 1.15. The van der Waals surface area contributed by atoms with E-state index in [-0.39, 0.29) is 30.2 Å². The second-order valence-electron chi connectivity index (χ2n) is 6.79. The summed E-state index contributed by atoms with van der Waals surface area (Å²) in [7, 11) is 0. The molecule has 0 aliphatic carbocycles. The molecule has 5 nitrogen and oxygen atoms in total. The quantitative estimate of drug-likeness (QED) is 0.896. The average molecular weight is 336 g/mol. The van der Waals surface area contributed by atoms with Gasteiger partial charge in [0.1, 0.15) is 5.82 Å². The van der Waals surface area contributed by atoms with Crippen molar-refractivity contribution in [1.29, 1.82) is 0 Å². The number of halogens is 1. The van der Waals surface area contributed by atoms with Crippen molar-refractivity contribution >= 4 is 5.91 Å². The fourth-order valence-corrected chi connectivity index (χ4v) is 3.59. The van der Waals surface area contributed by atoms with Crippen LogP contribution in [-0.2, 0) is 4.74 Å². The van der Waals surface area contributed by atoms with Crippen molar-refractivity contribution in [2.24, 2.45) is 11.8 Å². The summed E-state index contributed by atoms with van der Waals surface area (Å²) >= 11 is 0. The molecule has 2 atom stereocenters. The number of likely N-dealkylation sites (tertiary alicyclic amines) is 1. The molecule has 0 unspecified atom stereocenters. The van der Waals surface area contributed by atoms with Crippen LogP contribution < -0.4 is 0 Å². The third-order valence-electron chi connectivity index (χ3n) is 5.10. The number of rotatable bonds is 4. The number of carbonyl (C=O) groups excluding carboxylic acids is 1. The van der Waals surface area contributed by atoms with Gasteiger partial charge in [-0.25, -0.2) is 4.39 Å². The Morgan fingerprint density at radius 1 is 1.29 bits per heavy atom. The maximum atomic E-state index is 13.4. The number of benzene rings is 1. The van der Waals surface area contributed by atoms with E-state index in [0.29, 0.717) is 24.2 Å². The van der Waals surface area contributed by atoms with E-state index >= 15 is 0 Å². The Morgan fingerprint density at radius 2 is 2.00 bits per heavy atom. The molecule has 2 heterocycles. The standard InChI is InChI=1S/C18H25FN2O3/c1-13-8-14(2-3-17(13)19)18(23)21-10-15(16(11-21)12-22)9-20-4-6-24-7-5-20/h2-3,8,15-16,22H,4-7,9-12H2,1H3/t15-,16-/m1/s1. The lowest BCUT2D eigenvalue weighted by Gasteiger charge is -2.30. The Kier molecular flexibility index (Phi) is 5.48. The second kappa shape index (κ2) is 7.59. The molecular formula is C18H25FN2O3. The monoisotopic (exact) mass is 336 g/mol. The molecule has 0 bridgehead atoms. The number of hydrogen-bond donors (Lipinski definition) is 1. The zero-order valence-corrected chi connectivity index (χ0v) is 14.1. The molecule has 1 aromatic rings. The molecule has 2 aliphatic heterocycles. The van der Waals surface area contributed by atoms with Crippen molar-refractivity contribution in [2.45, 2.75) is 6.92 Å². The average Bonchev–Trinajstić information content (AvgIpc) is 3.00. The first-order valence-corrected chi connectivity index (χ1v) is 8.55. The van der Waals surface area contributed by atoms with E-state index in [1.54, 1.807) is 17.9 Å². The first kappa shape index (κ1) is 17.3. The fourth-order valence-electron chi connectivity index (χ4n) is 3.59. The summed E-state index contributed by atoms with van der Waals surface area (Å²) in [5.74, 6) is -0.0237. The Bertz CT molecular complexity index is 590. The zero-order valence-electron chi connectivity index (χ0n) is 14.1. The van der Waals surface area contributed by atoms with Crippen LogP contribution in [0.5, 0.6) is 0 Å². The van der Waals surface area contributed by atoms with Gasteiger partial charge >= 0.3 is 0 Å². The number of hydrogen-bond acceptors (Lipinski definition) is 4. The molecule has 2 aliphatic rings. The molecule has 1 N–H and O–H groups in total. The highest BCUT2D eigenvalue weighted by Crippen LogP contribution is 2.26. The van der Waals surface area contributed by atoms with Gasteiger partial charge in [-0.15, -0.1) is 0 Å². The Hall–Kier alpha value is -1.50. The highest BCUT2D eigenvalue weighted by Gasteiger charge is 2.36. The highest BCUT2D eigenvalue weighted by molar-refractivity contribution is 5.94. The van der Waals surface area contributed by atoms with E-state index in [0.717, 1.165) is 32.8 Å². The van der Waals surface area contributed by atoms with Crippen molar-refractivity contribution < 1.29 is 19.0 Å². The maximum absolute atomic E-state index is 13.4. The van der Waals surface area contributed by atoms with Crippen LogP contribution in [0.15, 0.2) is 18.2 Å². The smallest absolute Gasteiger partial charge is 0.253 e. The van der Waals surface area contributed by atoms with Crippen LogP contribution >= 0.6 is 0 Å². The van der Waals surface area contributed by atoms with Gasteiger partial charge in [0.2, 0.25) is 0 Å². The Morgan fingerprint density at radius 3 is 2.67 bits per heavy atom. The molecule has 2 fully saturated rings. The van der Waals surface area contributed by atoms with E-state index in [1.165, 1.54) is 12.1 Å². The second-order valence-corrected chi connectivity index (χ2v) is 6.79. The van der Waals surface area contributed by atoms with E-state index in [2.05, 4.69) is 4.90 Å². The summed E-state index contributed by atoms with van der Waals surface area (Å²) in [5.41, 5.74) is 0.987. The molecule has 1 amide bonds. The summed E-state index contributed by atoms with van der Waals surface area (Å²) < 4.78 is 18.8. The summed E-state index contributed by atoms with van der Waals surface area (Å²) in [6.07, 6.45) is 0. The molecule has 3 rings (SSSR count). The van der Waals surface area contributed by atoms with Crippen molar-refractivity contribution in [3.8, 4) is 0 Å². The van der Waals surface area contributed by atoms with Crippen molar-refractivity contribution in [2.75, 3.05) is 52.5 Å². The van der Waals surface area contributed by atoms with Crippen LogP contribution in [0.4, 0.5) is 4.39 Å². The first-order chi connectivity index (χ1) is 11.6. The maximum Gasteiger partial charge on any atom is 0.253 e. The number of amides is 1. The molecule has 6 heteroatoms. The number of aryl methyl sites for hydroxylation is 1. The van der Waals surface area contributed by atoms with E-state index in [9.17, 15) is 14.3 Å². The van der Waals surface area contributed by atoms with Crippen LogP contribution in [-0.4, -0.2) is 73.4 Å². The molecule has 0 radical (unpaired) electrons. The fraction of sp³-hybridized carbons (Fsp3) is 0.611. The van der Waals surface area contributed by atoms with Gasteiger partial charge in [0.25, 0.3) is 5.91 Å². The van der Waals surface area contributed by atoms with Crippen LogP contribution in [0, 0.1) is 24.6 Å². The summed E-state index contributed by atoms with van der Waals surface area (Å²) in [6, 6.07) is 4.47. The normalized spacial score (nSPS) is 25.2. The topological polar surface area (TPSA) is 53.0 Å². The van der Waals surface area contributed by atoms with Gasteiger partial charge in [-0.1, -0.05) is 0 Å². The number of nitrogens with zero attached hydrogens (tertiary/aromatic N) is 2. The molecular weight excluding hydrogens is 311 g/mol. The predicted molar refractivity (Wildman–Crippen MR) is 88.4 cm³/mol. The largest absolute Gasteiger partial charge is 0.396 e. The number of aliphatic hydroxyl groups excluding tert-OH is 1. The van der Waals surface area contributed by atoms with Gasteiger partial charge in [0.05, 0.1) is 13.2 Å². The Balaban J connectivity index is 1.66. The van der Waals surface area contributed by atoms with Gasteiger partial charge in [0.15, 0.2) is 0 Å². The zero-order chi connectivity index (χ0) is 17.1. The summed E-state index contributed by atoms with van der Waals surface area (Å²) in [5, 5.41) is 9.69. The van der Waals surface area contributed by atoms with Crippen LogP contribution in [0.3, 0.4) is 0 Å². The van der Waals surface area contributed by atoms with Gasteiger partial charge in [-0.2, -0.15) is 0 Å². The van der Waals surface area contributed by atoms with Gasteiger partial charge in [0, 0.05) is 50.8 Å². The molecule has 0 spiro atoms. The molecule has 1 aromatic carbocycles. The third kappa shape index (κ3) is 3.77. The van der Waals surface area contributed by atoms with E-state index < -0.39 is 0 Å². The number of ether oxygens (including phenoxy) is 1. The minimum Gasteiger partial charge on any atom is -0.396 e. The van der Waals surface area contributed by atoms with Crippen molar-refractivity contribution in [3.63, 3.8) is 0 Å². The summed E-state index contributed by atoms with van der Waals surface area (Å²) in [4.78, 5) is 16.8. The molecule has 2 saturated heterocycles. The highest BCUT2D eigenvalue weighted by atomic mass is 19.1. The van der Waals surface area contributed by atoms with Gasteiger partial charge in [-0.05, 0) is 36.6 Å². The lowest BCUT2D eigenvalue weighted by molar-refractivity contribution is 0.0264. The summed E-state index contributed by atoms with van der Waals surface area (Å²) in [6.45, 7) is 7.11. The van der Waals surface area contributed by atoms with Crippen LogP contribution in [0.25, 0.3) is 0 Å². The minimum absolute atomic E-state index is 0.0824. The molecule has 24 heavy (non-hydrogen) atoms. The number of morpholine rings is 1. The van der Waals surface area contributed by atoms with Crippen LogP contribution in [0.2, 0.25) is 0 Å². The van der Waals surface area contributed by atoms with Gasteiger partial charge in [-0.3, -0.25) is 9.69 Å².